The van der Waals surface area contributed by atoms with Crippen LogP contribution in [0.2, 0.25) is 0 Å². The molecule has 0 spiro atoms. The van der Waals surface area contributed by atoms with Crippen LogP contribution in [0.25, 0.3) is 0 Å². The number of nitrogens with zero attached hydrogens (tertiary/aromatic N) is 1. The highest BCUT2D eigenvalue weighted by atomic mass is 35.5. The highest BCUT2D eigenvalue weighted by molar-refractivity contribution is 6.44. The Balaban J connectivity index is 2.37. The fourth-order valence-corrected chi connectivity index (χ4v) is 1.69. The second-order valence-electron chi connectivity index (χ2n) is 3.51. The fourth-order valence-electron chi connectivity index (χ4n) is 1.44. The van der Waals surface area contributed by atoms with Gasteiger partial charge in [0.1, 0.15) is 11.5 Å². The monoisotopic (exact) mass is 305 g/mol. The van der Waals surface area contributed by atoms with E-state index in [4.69, 9.17) is 23.2 Å². The molecule has 1 aromatic carbocycles. The molecule has 2 rings (SSSR count). The van der Waals surface area contributed by atoms with Gasteiger partial charge in [-0.25, -0.2) is 8.78 Å². The van der Waals surface area contributed by atoms with Gasteiger partial charge in [-0.1, -0.05) is 23.2 Å². The second-order valence-corrected chi connectivity index (χ2v) is 4.33. The first-order valence-electron chi connectivity index (χ1n) is 5.01. The number of nitrogens with one attached hydrogen (secondary N) is 2. The van der Waals surface area contributed by atoms with Gasteiger partial charge in [0, 0.05) is 24.5 Å². The van der Waals surface area contributed by atoms with Gasteiger partial charge in [-0.3, -0.25) is 15.2 Å². The maximum atomic E-state index is 13.8. The number of carbonyl (C=O) groups is 1. The lowest BCUT2D eigenvalue weighted by Crippen LogP contribution is -2.32. The quantitative estimate of drug-likeness (QED) is 0.844. The van der Waals surface area contributed by atoms with Crippen LogP contribution in [0.3, 0.4) is 0 Å². The minimum absolute atomic E-state index is 0.104. The number of rotatable bonds is 3. The molecule has 8 heteroatoms. The van der Waals surface area contributed by atoms with E-state index in [0.29, 0.717) is 0 Å². The average Bonchev–Trinajstić information content (AvgIpc) is 2.37. The maximum absolute atomic E-state index is 13.8. The van der Waals surface area contributed by atoms with E-state index in [1.54, 1.807) is 0 Å². The summed E-state index contributed by atoms with van der Waals surface area (Å²) >= 11 is 11.5. The first kappa shape index (κ1) is 13.6. The van der Waals surface area contributed by atoms with E-state index >= 15 is 0 Å². The zero-order valence-electron chi connectivity index (χ0n) is 9.25. The number of carbonyl (C=O) groups excluding carboxylic acids is 1. The molecule has 100 valence electrons. The standard InChI is InChI=1S/C11H7Cl2F2N3O/c12-6-3-17-18(4-7(6)13)11-2-8(14)10(16-5-19)1-9(11)15/h1-5,17H,(H,16,19). The third-order valence-electron chi connectivity index (χ3n) is 2.31. The summed E-state index contributed by atoms with van der Waals surface area (Å²) in [6.07, 6.45) is 2.89. The van der Waals surface area contributed by atoms with Crippen molar-refractivity contribution >= 4 is 41.0 Å². The molecular weight excluding hydrogens is 299 g/mol. The van der Waals surface area contributed by atoms with E-state index in [0.717, 1.165) is 17.1 Å². The Hall–Kier alpha value is -1.79. The molecule has 1 aliphatic rings. The number of hydrazine groups is 1. The topological polar surface area (TPSA) is 44.4 Å². The smallest absolute Gasteiger partial charge is 0.211 e. The Bertz CT molecular complexity index is 590. The molecule has 0 unspecified atom stereocenters. The summed E-state index contributed by atoms with van der Waals surface area (Å²) in [5, 5.41) is 3.64. The summed E-state index contributed by atoms with van der Waals surface area (Å²) in [7, 11) is 0. The van der Waals surface area contributed by atoms with Crippen molar-refractivity contribution in [3.8, 4) is 0 Å². The van der Waals surface area contributed by atoms with Gasteiger partial charge in [0.05, 0.1) is 15.8 Å². The number of halogens is 4. The molecule has 0 saturated heterocycles. The molecule has 1 aliphatic heterocycles. The predicted octanol–water partition coefficient (Wildman–Crippen LogP) is 3.02. The number of hydrogen-bond donors (Lipinski definition) is 2. The number of benzene rings is 1. The number of anilines is 2. The summed E-state index contributed by atoms with van der Waals surface area (Å²) in [6, 6.07) is 1.78. The summed E-state index contributed by atoms with van der Waals surface area (Å²) in [5.41, 5.74) is 2.26. The lowest BCUT2D eigenvalue weighted by Gasteiger charge is -2.25. The van der Waals surface area contributed by atoms with Crippen LogP contribution in [0.5, 0.6) is 0 Å². The summed E-state index contributed by atoms with van der Waals surface area (Å²) in [6.45, 7) is 0. The van der Waals surface area contributed by atoms with Crippen molar-refractivity contribution in [3.63, 3.8) is 0 Å². The van der Waals surface area contributed by atoms with Gasteiger partial charge in [-0.05, 0) is 0 Å². The Morgan fingerprint density at radius 3 is 2.58 bits per heavy atom. The fraction of sp³-hybridized carbons (Fsp3) is 0. The molecule has 1 aromatic rings. The summed E-state index contributed by atoms with van der Waals surface area (Å²) in [4.78, 5) is 10.2. The minimum Gasteiger partial charge on any atom is -0.326 e. The van der Waals surface area contributed by atoms with Crippen molar-refractivity contribution in [2.75, 3.05) is 10.3 Å². The molecule has 4 nitrogen and oxygen atoms in total. The van der Waals surface area contributed by atoms with Gasteiger partial charge in [-0.15, -0.1) is 0 Å². The van der Waals surface area contributed by atoms with Gasteiger partial charge in [0.15, 0.2) is 5.82 Å². The molecule has 0 radical (unpaired) electrons. The third-order valence-corrected chi connectivity index (χ3v) is 3.02. The Labute approximate surface area is 117 Å². The molecule has 0 fully saturated rings. The van der Waals surface area contributed by atoms with E-state index in [-0.39, 0.29) is 27.8 Å². The summed E-state index contributed by atoms with van der Waals surface area (Å²) < 4.78 is 27.4. The molecule has 0 aliphatic carbocycles. The highest BCUT2D eigenvalue weighted by Gasteiger charge is 2.17. The van der Waals surface area contributed by atoms with Crippen LogP contribution in [-0.2, 0) is 4.79 Å². The molecule has 19 heavy (non-hydrogen) atoms. The predicted molar refractivity (Wildman–Crippen MR) is 69.5 cm³/mol. The molecule has 0 aromatic heterocycles. The lowest BCUT2D eigenvalue weighted by molar-refractivity contribution is -0.105. The Morgan fingerprint density at radius 1 is 1.21 bits per heavy atom. The van der Waals surface area contributed by atoms with Crippen LogP contribution in [0, 0.1) is 11.6 Å². The molecule has 1 heterocycles. The molecule has 2 N–H and O–H groups in total. The van der Waals surface area contributed by atoms with E-state index in [1.807, 2.05) is 0 Å². The number of allylic oxidation sites excluding steroid dienone is 2. The van der Waals surface area contributed by atoms with Crippen molar-refractivity contribution in [2.45, 2.75) is 0 Å². The van der Waals surface area contributed by atoms with E-state index in [1.165, 1.54) is 12.4 Å². The van der Waals surface area contributed by atoms with E-state index in [9.17, 15) is 13.6 Å². The van der Waals surface area contributed by atoms with Crippen molar-refractivity contribution in [2.24, 2.45) is 0 Å². The zero-order chi connectivity index (χ0) is 14.0. The van der Waals surface area contributed by atoms with Crippen LogP contribution >= 0.6 is 23.2 Å². The largest absolute Gasteiger partial charge is 0.326 e. The van der Waals surface area contributed by atoms with Crippen molar-refractivity contribution in [1.29, 1.82) is 0 Å². The minimum atomic E-state index is -0.782. The third kappa shape index (κ3) is 2.80. The SMILES string of the molecule is O=CNc1cc(F)c(N2C=C(Cl)C(Cl)=CN2)cc1F. The van der Waals surface area contributed by atoms with Gasteiger partial charge in [0.25, 0.3) is 0 Å². The van der Waals surface area contributed by atoms with E-state index in [2.05, 4.69) is 10.7 Å². The van der Waals surface area contributed by atoms with Crippen LogP contribution < -0.4 is 15.8 Å². The first-order chi connectivity index (χ1) is 9.02. The van der Waals surface area contributed by atoms with Gasteiger partial charge in [-0.2, -0.15) is 0 Å². The molecule has 0 bridgehead atoms. The lowest BCUT2D eigenvalue weighted by atomic mass is 10.2. The van der Waals surface area contributed by atoms with Crippen molar-refractivity contribution < 1.29 is 13.6 Å². The number of amides is 1. The van der Waals surface area contributed by atoms with Crippen molar-refractivity contribution in [3.05, 3.63) is 46.2 Å². The van der Waals surface area contributed by atoms with Crippen LogP contribution in [0.1, 0.15) is 0 Å². The molecule has 0 atom stereocenters. The van der Waals surface area contributed by atoms with Crippen LogP contribution in [0.15, 0.2) is 34.6 Å². The second kappa shape index (κ2) is 5.46. The Morgan fingerprint density at radius 2 is 1.95 bits per heavy atom. The van der Waals surface area contributed by atoms with Gasteiger partial charge in [0.2, 0.25) is 6.41 Å². The molecule has 0 saturated carbocycles. The normalized spacial score (nSPS) is 14.4. The number of hydrogen-bond acceptors (Lipinski definition) is 3. The van der Waals surface area contributed by atoms with Gasteiger partial charge < -0.3 is 5.32 Å². The van der Waals surface area contributed by atoms with E-state index < -0.39 is 11.6 Å². The highest BCUT2D eigenvalue weighted by Crippen LogP contribution is 2.29. The first-order valence-corrected chi connectivity index (χ1v) is 5.76. The van der Waals surface area contributed by atoms with Crippen LogP contribution in [-0.4, -0.2) is 6.41 Å². The molecular formula is C11H7Cl2F2N3O. The van der Waals surface area contributed by atoms with Gasteiger partial charge >= 0.3 is 0 Å². The Kier molecular flexibility index (Phi) is 3.92. The van der Waals surface area contributed by atoms with Crippen molar-refractivity contribution in [1.82, 2.24) is 5.43 Å². The zero-order valence-corrected chi connectivity index (χ0v) is 10.8. The maximum Gasteiger partial charge on any atom is 0.211 e. The molecule has 1 amide bonds. The van der Waals surface area contributed by atoms with Crippen LogP contribution in [0.4, 0.5) is 20.2 Å². The summed E-state index contributed by atoms with van der Waals surface area (Å²) in [5.74, 6) is -1.53. The average molecular weight is 306 g/mol.